The molecule has 2 aromatic heterocycles. The number of nitrogens with zero attached hydrogens (tertiary/aromatic N) is 5. The van der Waals surface area contributed by atoms with Gasteiger partial charge in [-0.25, -0.2) is 19.8 Å². The average Bonchev–Trinajstić information content (AvgIpc) is 3.55. The number of rotatable bonds is 3. The van der Waals surface area contributed by atoms with Crippen LogP contribution >= 0.6 is 0 Å². The first kappa shape index (κ1) is 26.8. The number of para-hydroxylation sites is 1. The minimum atomic E-state index is -0.256. The second kappa shape index (κ2) is 9.57. The van der Waals surface area contributed by atoms with E-state index in [-0.39, 0.29) is 5.41 Å². The van der Waals surface area contributed by atoms with Gasteiger partial charge in [-0.05, 0) is 40.5 Å². The van der Waals surface area contributed by atoms with Gasteiger partial charge in [-0.2, -0.15) is 0 Å². The van der Waals surface area contributed by atoms with Crippen molar-refractivity contribution in [2.75, 3.05) is 0 Å². The van der Waals surface area contributed by atoms with E-state index in [0.717, 1.165) is 49.8 Å². The molecule has 0 saturated carbocycles. The summed E-state index contributed by atoms with van der Waals surface area (Å²) in [5.74, 6) is 1.92. The van der Waals surface area contributed by atoms with Crippen LogP contribution in [0.5, 0.6) is 0 Å². The van der Waals surface area contributed by atoms with Crippen LogP contribution < -0.4 is 0 Å². The average molecular weight is 614 g/mol. The van der Waals surface area contributed by atoms with Crippen LogP contribution in [0, 0.1) is 6.57 Å². The Morgan fingerprint density at radius 2 is 1.23 bits per heavy atom. The minimum Gasteiger partial charge on any atom is -0.308 e. The van der Waals surface area contributed by atoms with Crippen LogP contribution in [0.4, 0.5) is 5.69 Å². The van der Waals surface area contributed by atoms with E-state index in [9.17, 15) is 0 Å². The smallest absolute Gasteiger partial charge is 0.188 e. The van der Waals surface area contributed by atoms with Gasteiger partial charge in [-0.15, -0.1) is 0 Å². The monoisotopic (exact) mass is 613 g/mol. The summed E-state index contributed by atoms with van der Waals surface area (Å²) < 4.78 is 2.43. The van der Waals surface area contributed by atoms with E-state index in [1.54, 1.807) is 0 Å². The molecule has 1 aliphatic heterocycles. The summed E-state index contributed by atoms with van der Waals surface area (Å²) in [6, 6.07) is 44.1. The first-order valence-electron chi connectivity index (χ1n) is 16.2. The molecular formula is C43H27N5. The Morgan fingerprint density at radius 1 is 0.583 bits per heavy atom. The van der Waals surface area contributed by atoms with Gasteiger partial charge < -0.3 is 4.57 Å². The molecule has 0 radical (unpaired) electrons. The first-order chi connectivity index (χ1) is 23.5. The molecule has 6 aromatic carbocycles. The lowest BCUT2D eigenvalue weighted by Crippen LogP contribution is -2.15. The fourth-order valence-corrected chi connectivity index (χ4v) is 8.00. The molecule has 8 aromatic rings. The van der Waals surface area contributed by atoms with Crippen molar-refractivity contribution >= 4 is 27.5 Å². The van der Waals surface area contributed by atoms with Gasteiger partial charge >= 0.3 is 0 Å². The fraction of sp³-hybridized carbons (Fsp3) is 0.0698. The number of aromatic nitrogens is 4. The van der Waals surface area contributed by atoms with Crippen LogP contribution in [-0.4, -0.2) is 19.5 Å². The van der Waals surface area contributed by atoms with E-state index >= 15 is 0 Å². The van der Waals surface area contributed by atoms with Gasteiger partial charge in [0.2, 0.25) is 0 Å². The van der Waals surface area contributed by atoms with E-state index in [1.807, 2.05) is 60.7 Å². The van der Waals surface area contributed by atoms with Gasteiger partial charge in [0, 0.05) is 44.0 Å². The molecule has 2 aliphatic rings. The van der Waals surface area contributed by atoms with Gasteiger partial charge in [0.15, 0.2) is 23.2 Å². The van der Waals surface area contributed by atoms with Crippen LogP contribution in [0.2, 0.25) is 0 Å². The summed E-state index contributed by atoms with van der Waals surface area (Å²) in [5.41, 5.74) is 13.9. The molecule has 1 aliphatic carbocycles. The van der Waals surface area contributed by atoms with Crippen LogP contribution in [0.15, 0.2) is 127 Å². The van der Waals surface area contributed by atoms with Gasteiger partial charge in [-0.1, -0.05) is 123 Å². The normalized spacial score (nSPS) is 13.4. The highest BCUT2D eigenvalue weighted by molar-refractivity contribution is 6.22. The molecule has 0 amide bonds. The molecule has 5 nitrogen and oxygen atoms in total. The van der Waals surface area contributed by atoms with Crippen molar-refractivity contribution in [1.29, 1.82) is 0 Å². The molecule has 0 fully saturated rings. The first-order valence-corrected chi connectivity index (χ1v) is 16.2. The molecule has 0 spiro atoms. The Balaban J connectivity index is 1.35. The standard InChI is InChI=1S/C43H27N5/c1-43(2)32-22-21-29-36-30(42-46-40(25-13-6-4-7-14-25)45-41(47-42)26-15-8-5-9-16-26)18-12-20-35(36)48-34-19-11-10-17-28(34)31-23-27(44-3)24-33(43)37(31)38(32)39(29)48/h4-24H,1-2H3. The Labute approximate surface area is 277 Å². The molecule has 10 rings (SSSR count). The molecule has 0 saturated heterocycles. The second-order valence-electron chi connectivity index (χ2n) is 13.1. The van der Waals surface area contributed by atoms with Gasteiger partial charge in [0.25, 0.3) is 0 Å². The maximum atomic E-state index is 7.95. The summed E-state index contributed by atoms with van der Waals surface area (Å²) in [6.07, 6.45) is 0. The van der Waals surface area contributed by atoms with E-state index < -0.39 is 0 Å². The number of hydrogen-bond donors (Lipinski definition) is 0. The Kier molecular flexibility index (Phi) is 5.34. The van der Waals surface area contributed by atoms with Crippen molar-refractivity contribution in [3.63, 3.8) is 0 Å². The molecule has 48 heavy (non-hydrogen) atoms. The quantitative estimate of drug-likeness (QED) is 0.186. The summed E-state index contributed by atoms with van der Waals surface area (Å²) in [5, 5.41) is 2.27. The molecule has 3 heterocycles. The lowest BCUT2D eigenvalue weighted by molar-refractivity contribution is 0.661. The maximum Gasteiger partial charge on any atom is 0.188 e. The number of benzene rings is 6. The van der Waals surface area contributed by atoms with E-state index in [0.29, 0.717) is 23.2 Å². The highest BCUT2D eigenvalue weighted by atomic mass is 15.0. The van der Waals surface area contributed by atoms with Crippen molar-refractivity contribution in [2.45, 2.75) is 19.3 Å². The van der Waals surface area contributed by atoms with Crippen LogP contribution in [0.1, 0.15) is 25.0 Å². The van der Waals surface area contributed by atoms with Crippen molar-refractivity contribution in [3.05, 3.63) is 150 Å². The van der Waals surface area contributed by atoms with Crippen LogP contribution in [-0.2, 0) is 5.41 Å². The molecule has 5 heteroatoms. The number of fused-ring (bicyclic) bond motifs is 6. The molecule has 0 unspecified atom stereocenters. The number of hydrogen-bond acceptors (Lipinski definition) is 3. The van der Waals surface area contributed by atoms with Crippen molar-refractivity contribution in [1.82, 2.24) is 19.5 Å². The lowest BCUT2D eigenvalue weighted by atomic mass is 9.81. The molecule has 224 valence electrons. The Hall–Kier alpha value is -6.38. The third-order valence-electron chi connectivity index (χ3n) is 10.2. The zero-order valence-electron chi connectivity index (χ0n) is 26.4. The second-order valence-corrected chi connectivity index (χ2v) is 13.1. The zero-order chi connectivity index (χ0) is 32.1. The van der Waals surface area contributed by atoms with Gasteiger partial charge in [-0.3, -0.25) is 0 Å². The van der Waals surface area contributed by atoms with Gasteiger partial charge in [0.05, 0.1) is 23.3 Å². The third-order valence-corrected chi connectivity index (χ3v) is 10.2. The summed E-state index contributed by atoms with van der Waals surface area (Å²) in [7, 11) is 0. The van der Waals surface area contributed by atoms with Crippen molar-refractivity contribution in [3.8, 4) is 62.1 Å². The highest BCUT2D eigenvalue weighted by Crippen LogP contribution is 2.59. The van der Waals surface area contributed by atoms with Crippen molar-refractivity contribution < 1.29 is 0 Å². The topological polar surface area (TPSA) is 48.0 Å². The molecule has 0 N–H and O–H groups in total. The predicted octanol–water partition coefficient (Wildman–Crippen LogP) is 10.8. The van der Waals surface area contributed by atoms with E-state index in [2.05, 4.69) is 90.0 Å². The van der Waals surface area contributed by atoms with Crippen LogP contribution in [0.25, 0.3) is 88.8 Å². The predicted molar refractivity (Wildman–Crippen MR) is 193 cm³/mol. The molecule has 0 atom stereocenters. The van der Waals surface area contributed by atoms with E-state index in [4.69, 9.17) is 21.5 Å². The Bertz CT molecular complexity index is 2640. The highest BCUT2D eigenvalue weighted by Gasteiger charge is 2.41. The maximum absolute atomic E-state index is 7.95. The summed E-state index contributed by atoms with van der Waals surface area (Å²) in [6.45, 7) is 12.5. The third kappa shape index (κ3) is 3.52. The van der Waals surface area contributed by atoms with Gasteiger partial charge in [0.1, 0.15) is 0 Å². The zero-order valence-corrected chi connectivity index (χ0v) is 26.4. The van der Waals surface area contributed by atoms with E-state index in [1.165, 1.54) is 27.8 Å². The van der Waals surface area contributed by atoms with Crippen LogP contribution in [0.3, 0.4) is 0 Å². The summed E-state index contributed by atoms with van der Waals surface area (Å²) in [4.78, 5) is 19.1. The fourth-order valence-electron chi connectivity index (χ4n) is 8.00. The largest absolute Gasteiger partial charge is 0.308 e. The lowest BCUT2D eigenvalue weighted by Gasteiger charge is -2.23. The van der Waals surface area contributed by atoms with Crippen molar-refractivity contribution in [2.24, 2.45) is 0 Å². The SMILES string of the molecule is [C-]#[N+]c1cc2c3c(c1)C(C)(C)c1ccc4c5c(-c6nc(-c7ccccc7)nc(-c7ccccc7)n6)cccc5n(c4c1-3)-c1ccccc1-2. The Morgan fingerprint density at radius 3 is 1.94 bits per heavy atom. The minimum absolute atomic E-state index is 0.256. The summed E-state index contributed by atoms with van der Waals surface area (Å²) >= 11 is 0. The molecular weight excluding hydrogens is 587 g/mol. The molecule has 0 bridgehead atoms.